The van der Waals surface area contributed by atoms with Gasteiger partial charge in [-0.1, -0.05) is 19.3 Å². The van der Waals surface area contributed by atoms with Crippen LogP contribution in [0, 0.1) is 0 Å². The molecule has 5 nitrogen and oxygen atoms in total. The lowest BCUT2D eigenvalue weighted by molar-refractivity contribution is -0.129. The second-order valence-corrected chi connectivity index (χ2v) is 6.32. The number of aromatic carboxylic acids is 1. The van der Waals surface area contributed by atoms with Gasteiger partial charge in [0.25, 0.3) is 0 Å². The molecule has 0 atom stereocenters. The van der Waals surface area contributed by atoms with Crippen LogP contribution in [-0.2, 0) is 4.79 Å². The van der Waals surface area contributed by atoms with Gasteiger partial charge < -0.3 is 10.0 Å². The summed E-state index contributed by atoms with van der Waals surface area (Å²) in [6.07, 6.45) is 7.30. The first-order valence-electron chi connectivity index (χ1n) is 7.15. The first kappa shape index (κ1) is 15.8. The topological polar surface area (TPSA) is 70.5 Å². The lowest BCUT2D eigenvalue weighted by Crippen LogP contribution is -2.39. The maximum Gasteiger partial charge on any atom is 0.354 e. The van der Waals surface area contributed by atoms with Crippen molar-refractivity contribution < 1.29 is 14.7 Å². The Balaban J connectivity index is 1.88. The lowest BCUT2D eigenvalue weighted by Gasteiger charge is -2.31. The van der Waals surface area contributed by atoms with Crippen LogP contribution < -0.4 is 0 Å². The minimum absolute atomic E-state index is 0.00749. The maximum absolute atomic E-state index is 12.2. The number of carbonyl (C=O) groups is 2. The average molecular weight is 308 g/mol. The van der Waals surface area contributed by atoms with Crippen LogP contribution in [0.2, 0.25) is 0 Å². The molecule has 1 saturated carbocycles. The standard InChI is InChI=1S/C15H20N2O3S/c1-17(11-5-3-2-4-6-11)14(18)10-21-12-7-8-16-13(9-12)15(19)20/h7-9,11H,2-6,10H2,1H3,(H,19,20). The lowest BCUT2D eigenvalue weighted by atomic mass is 9.94. The minimum atomic E-state index is -1.05. The Labute approximate surface area is 128 Å². The molecule has 1 aliphatic carbocycles. The number of carbonyl (C=O) groups excluding carboxylic acids is 1. The van der Waals surface area contributed by atoms with Crippen molar-refractivity contribution in [3.63, 3.8) is 0 Å². The molecule has 0 spiro atoms. The van der Waals surface area contributed by atoms with Crippen LogP contribution in [0.25, 0.3) is 0 Å². The van der Waals surface area contributed by atoms with Gasteiger partial charge in [-0.25, -0.2) is 9.78 Å². The van der Waals surface area contributed by atoms with Crippen LogP contribution in [0.3, 0.4) is 0 Å². The average Bonchev–Trinajstić information content (AvgIpc) is 2.53. The molecule has 1 aromatic heterocycles. The fourth-order valence-electron chi connectivity index (χ4n) is 2.54. The molecule has 114 valence electrons. The van der Waals surface area contributed by atoms with Crippen LogP contribution in [0.4, 0.5) is 0 Å². The largest absolute Gasteiger partial charge is 0.477 e. The van der Waals surface area contributed by atoms with E-state index in [2.05, 4.69) is 4.98 Å². The van der Waals surface area contributed by atoms with Crippen LogP contribution >= 0.6 is 11.8 Å². The summed E-state index contributed by atoms with van der Waals surface area (Å²) in [4.78, 5) is 29.4. The van der Waals surface area contributed by atoms with Crippen LogP contribution in [0.1, 0.15) is 42.6 Å². The van der Waals surface area contributed by atoms with Crippen molar-refractivity contribution in [2.45, 2.75) is 43.0 Å². The van der Waals surface area contributed by atoms with Gasteiger partial charge in [-0.3, -0.25) is 4.79 Å². The van der Waals surface area contributed by atoms with E-state index in [4.69, 9.17) is 5.11 Å². The maximum atomic E-state index is 12.2. The first-order valence-corrected chi connectivity index (χ1v) is 8.14. The van der Waals surface area contributed by atoms with E-state index >= 15 is 0 Å². The summed E-state index contributed by atoms with van der Waals surface area (Å²) in [6.45, 7) is 0. The van der Waals surface area contributed by atoms with Gasteiger partial charge in [0.15, 0.2) is 0 Å². The summed E-state index contributed by atoms with van der Waals surface area (Å²) in [5.74, 6) is -0.625. The summed E-state index contributed by atoms with van der Waals surface area (Å²) in [6, 6.07) is 3.59. The first-order chi connectivity index (χ1) is 10.1. The van der Waals surface area contributed by atoms with Gasteiger partial charge in [0, 0.05) is 24.2 Å². The molecule has 1 aromatic rings. The Morgan fingerprint density at radius 2 is 2.10 bits per heavy atom. The van der Waals surface area contributed by atoms with E-state index in [0.29, 0.717) is 11.8 Å². The van der Waals surface area contributed by atoms with Gasteiger partial charge >= 0.3 is 5.97 Å². The summed E-state index contributed by atoms with van der Waals surface area (Å²) >= 11 is 1.36. The molecule has 0 radical (unpaired) electrons. The number of nitrogens with zero attached hydrogens (tertiary/aromatic N) is 2. The van der Waals surface area contributed by atoms with Crippen molar-refractivity contribution in [3.8, 4) is 0 Å². The molecule has 1 aliphatic rings. The molecule has 0 aliphatic heterocycles. The van der Waals surface area contributed by atoms with Crippen molar-refractivity contribution in [3.05, 3.63) is 24.0 Å². The van der Waals surface area contributed by atoms with Gasteiger partial charge in [0.05, 0.1) is 5.75 Å². The summed E-state index contributed by atoms with van der Waals surface area (Å²) in [5.41, 5.74) is 0.00749. The Bertz CT molecular complexity index is 515. The number of aromatic nitrogens is 1. The molecule has 0 saturated heterocycles. The number of pyridine rings is 1. The van der Waals surface area contributed by atoms with Gasteiger partial charge in [-0.05, 0) is 25.0 Å². The summed E-state index contributed by atoms with van der Waals surface area (Å²) in [5, 5.41) is 8.90. The number of hydrogen-bond acceptors (Lipinski definition) is 4. The normalized spacial score (nSPS) is 15.7. The zero-order valence-electron chi connectivity index (χ0n) is 12.1. The number of rotatable bonds is 5. The molecule has 2 rings (SSSR count). The molecule has 21 heavy (non-hydrogen) atoms. The smallest absolute Gasteiger partial charge is 0.354 e. The Morgan fingerprint density at radius 3 is 2.76 bits per heavy atom. The molecule has 1 amide bonds. The minimum Gasteiger partial charge on any atom is -0.477 e. The second kappa shape index (κ2) is 7.45. The van der Waals surface area contributed by atoms with Gasteiger partial charge in [-0.2, -0.15) is 0 Å². The quantitative estimate of drug-likeness (QED) is 0.847. The van der Waals surface area contributed by atoms with Crippen molar-refractivity contribution in [2.24, 2.45) is 0 Å². The molecule has 0 unspecified atom stereocenters. The van der Waals surface area contributed by atoms with E-state index < -0.39 is 5.97 Å². The van der Waals surface area contributed by atoms with Crippen molar-refractivity contribution in [1.29, 1.82) is 0 Å². The van der Waals surface area contributed by atoms with Crippen LogP contribution in [0.15, 0.2) is 23.2 Å². The van der Waals surface area contributed by atoms with Crippen molar-refractivity contribution in [1.82, 2.24) is 9.88 Å². The summed E-state index contributed by atoms with van der Waals surface area (Å²) in [7, 11) is 1.87. The third kappa shape index (κ3) is 4.46. The molecular weight excluding hydrogens is 288 g/mol. The van der Waals surface area contributed by atoms with Gasteiger partial charge in [0.2, 0.25) is 5.91 Å². The highest BCUT2D eigenvalue weighted by atomic mass is 32.2. The highest BCUT2D eigenvalue weighted by Crippen LogP contribution is 2.23. The Kier molecular flexibility index (Phi) is 5.61. The highest BCUT2D eigenvalue weighted by Gasteiger charge is 2.21. The molecule has 1 N–H and O–H groups in total. The third-order valence-electron chi connectivity index (χ3n) is 3.83. The van der Waals surface area contributed by atoms with E-state index in [1.807, 2.05) is 11.9 Å². The van der Waals surface area contributed by atoms with E-state index in [-0.39, 0.29) is 11.6 Å². The van der Waals surface area contributed by atoms with Crippen LogP contribution in [0.5, 0.6) is 0 Å². The van der Waals surface area contributed by atoms with E-state index in [1.165, 1.54) is 43.3 Å². The number of thioether (sulfide) groups is 1. The Morgan fingerprint density at radius 1 is 1.38 bits per heavy atom. The molecule has 1 heterocycles. The Hall–Kier alpha value is -1.56. The SMILES string of the molecule is CN(C(=O)CSc1ccnc(C(=O)O)c1)C1CCCCC1. The van der Waals surface area contributed by atoms with Gasteiger partial charge in [0.1, 0.15) is 5.69 Å². The number of carboxylic acids is 1. The molecule has 6 heteroatoms. The second-order valence-electron chi connectivity index (χ2n) is 5.27. The van der Waals surface area contributed by atoms with Crippen LogP contribution in [-0.4, -0.2) is 45.7 Å². The zero-order chi connectivity index (χ0) is 15.2. The van der Waals surface area contributed by atoms with E-state index in [0.717, 1.165) is 17.7 Å². The predicted molar refractivity (Wildman–Crippen MR) is 81.6 cm³/mol. The molecule has 1 fully saturated rings. The molecule has 0 bridgehead atoms. The molecular formula is C15H20N2O3S. The zero-order valence-corrected chi connectivity index (χ0v) is 12.9. The monoisotopic (exact) mass is 308 g/mol. The molecule has 0 aromatic carbocycles. The van der Waals surface area contributed by atoms with Gasteiger partial charge in [-0.15, -0.1) is 11.8 Å². The fourth-order valence-corrected chi connectivity index (χ4v) is 3.38. The summed E-state index contributed by atoms with van der Waals surface area (Å²) < 4.78 is 0. The predicted octanol–water partition coefficient (Wildman–Crippen LogP) is 2.66. The van der Waals surface area contributed by atoms with Crippen molar-refractivity contribution in [2.75, 3.05) is 12.8 Å². The fraction of sp³-hybridized carbons (Fsp3) is 0.533. The number of hydrogen-bond donors (Lipinski definition) is 1. The van der Waals surface area contributed by atoms with Crippen molar-refractivity contribution >= 4 is 23.6 Å². The highest BCUT2D eigenvalue weighted by molar-refractivity contribution is 8.00. The van der Waals surface area contributed by atoms with E-state index in [1.54, 1.807) is 6.07 Å². The number of carboxylic acid groups (broad SMARTS) is 1. The number of amides is 1. The van der Waals surface area contributed by atoms with E-state index in [9.17, 15) is 9.59 Å². The third-order valence-corrected chi connectivity index (χ3v) is 4.81.